The van der Waals surface area contributed by atoms with Crippen LogP contribution in [0.4, 0.5) is 0 Å². The SMILES string of the molecule is CC(CCOc1ccccc1)C(=O)N1CCC(C(=O)O)(c2ccccc2)CC1. The van der Waals surface area contributed by atoms with E-state index in [4.69, 9.17) is 4.74 Å². The molecule has 1 heterocycles. The lowest BCUT2D eigenvalue weighted by atomic mass is 9.72. The molecule has 0 radical (unpaired) electrons. The monoisotopic (exact) mass is 381 g/mol. The molecule has 1 aliphatic heterocycles. The fourth-order valence-electron chi connectivity index (χ4n) is 3.80. The molecule has 1 unspecified atom stereocenters. The van der Waals surface area contributed by atoms with E-state index >= 15 is 0 Å². The normalized spacial score (nSPS) is 17.0. The minimum Gasteiger partial charge on any atom is -0.494 e. The summed E-state index contributed by atoms with van der Waals surface area (Å²) in [5.74, 6) is -0.0918. The summed E-state index contributed by atoms with van der Waals surface area (Å²) in [5, 5.41) is 9.88. The first-order chi connectivity index (χ1) is 13.5. The summed E-state index contributed by atoms with van der Waals surface area (Å²) in [5.41, 5.74) is -0.0866. The van der Waals surface area contributed by atoms with E-state index in [-0.39, 0.29) is 11.8 Å². The summed E-state index contributed by atoms with van der Waals surface area (Å²) in [6.07, 6.45) is 1.50. The first kappa shape index (κ1) is 19.9. The van der Waals surface area contributed by atoms with E-state index in [1.54, 1.807) is 4.90 Å². The fourth-order valence-corrected chi connectivity index (χ4v) is 3.80. The average Bonchev–Trinajstić information content (AvgIpc) is 2.74. The number of amides is 1. The lowest BCUT2D eigenvalue weighted by Crippen LogP contribution is -2.50. The number of hydrogen-bond donors (Lipinski definition) is 1. The first-order valence-electron chi connectivity index (χ1n) is 9.78. The van der Waals surface area contributed by atoms with Gasteiger partial charge in [-0.25, -0.2) is 0 Å². The third-order valence-corrected chi connectivity index (χ3v) is 5.65. The van der Waals surface area contributed by atoms with Crippen molar-refractivity contribution >= 4 is 11.9 Å². The number of likely N-dealkylation sites (tertiary alicyclic amines) is 1. The third-order valence-electron chi connectivity index (χ3n) is 5.65. The zero-order valence-electron chi connectivity index (χ0n) is 16.2. The highest BCUT2D eigenvalue weighted by Crippen LogP contribution is 2.36. The zero-order chi connectivity index (χ0) is 20.0. The molecule has 0 aromatic heterocycles. The quantitative estimate of drug-likeness (QED) is 0.793. The van der Waals surface area contributed by atoms with Gasteiger partial charge in [-0.3, -0.25) is 9.59 Å². The maximum atomic E-state index is 12.8. The van der Waals surface area contributed by atoms with Gasteiger partial charge in [0.2, 0.25) is 5.91 Å². The molecule has 5 nitrogen and oxygen atoms in total. The Bertz CT molecular complexity index is 783. The van der Waals surface area contributed by atoms with Gasteiger partial charge in [0, 0.05) is 19.0 Å². The van der Waals surface area contributed by atoms with Crippen LogP contribution in [-0.4, -0.2) is 41.6 Å². The van der Waals surface area contributed by atoms with Crippen LogP contribution in [0.5, 0.6) is 5.75 Å². The summed E-state index contributed by atoms with van der Waals surface area (Å²) in [6.45, 7) is 3.31. The van der Waals surface area contributed by atoms with Gasteiger partial charge < -0.3 is 14.7 Å². The van der Waals surface area contributed by atoms with Crippen molar-refractivity contribution in [3.05, 3.63) is 66.2 Å². The third kappa shape index (κ3) is 4.35. The summed E-state index contributed by atoms with van der Waals surface area (Å²) < 4.78 is 5.69. The number of ether oxygens (including phenoxy) is 1. The van der Waals surface area contributed by atoms with Crippen LogP contribution in [0.3, 0.4) is 0 Å². The van der Waals surface area contributed by atoms with Crippen molar-refractivity contribution in [2.75, 3.05) is 19.7 Å². The molecule has 5 heteroatoms. The molecule has 1 fully saturated rings. The highest BCUT2D eigenvalue weighted by Gasteiger charge is 2.44. The molecule has 2 aromatic rings. The lowest BCUT2D eigenvalue weighted by Gasteiger charge is -2.40. The molecule has 1 saturated heterocycles. The summed E-state index contributed by atoms with van der Waals surface area (Å²) in [6, 6.07) is 18.9. The van der Waals surface area contributed by atoms with Crippen molar-refractivity contribution < 1.29 is 19.4 Å². The molecule has 0 aliphatic carbocycles. The van der Waals surface area contributed by atoms with E-state index in [1.165, 1.54) is 0 Å². The van der Waals surface area contributed by atoms with Gasteiger partial charge in [0.15, 0.2) is 0 Å². The fraction of sp³-hybridized carbons (Fsp3) is 0.391. The molecule has 1 atom stereocenters. The van der Waals surface area contributed by atoms with Gasteiger partial charge in [-0.05, 0) is 37.0 Å². The summed E-state index contributed by atoms with van der Waals surface area (Å²) in [7, 11) is 0. The van der Waals surface area contributed by atoms with Crippen LogP contribution < -0.4 is 4.74 Å². The predicted octanol–water partition coefficient (Wildman–Crippen LogP) is 3.74. The molecule has 148 valence electrons. The van der Waals surface area contributed by atoms with Crippen LogP contribution in [0, 0.1) is 5.92 Å². The minimum absolute atomic E-state index is 0.0729. The number of carbonyl (C=O) groups excluding carboxylic acids is 1. The van der Waals surface area contributed by atoms with Gasteiger partial charge in [-0.1, -0.05) is 55.5 Å². The zero-order valence-corrected chi connectivity index (χ0v) is 16.2. The molecular weight excluding hydrogens is 354 g/mol. The van der Waals surface area contributed by atoms with Crippen molar-refractivity contribution in [1.82, 2.24) is 4.90 Å². The van der Waals surface area contributed by atoms with Gasteiger partial charge in [0.05, 0.1) is 12.0 Å². The minimum atomic E-state index is -0.905. The highest BCUT2D eigenvalue weighted by molar-refractivity contribution is 5.83. The van der Waals surface area contributed by atoms with E-state index in [0.29, 0.717) is 39.0 Å². The Balaban J connectivity index is 1.54. The van der Waals surface area contributed by atoms with Crippen LogP contribution in [0.2, 0.25) is 0 Å². The van der Waals surface area contributed by atoms with Gasteiger partial charge in [-0.2, -0.15) is 0 Å². The van der Waals surface area contributed by atoms with Crippen LogP contribution in [-0.2, 0) is 15.0 Å². The lowest BCUT2D eigenvalue weighted by molar-refractivity contribution is -0.149. The van der Waals surface area contributed by atoms with Gasteiger partial charge >= 0.3 is 5.97 Å². The number of aliphatic carboxylic acids is 1. The number of nitrogens with zero attached hydrogens (tertiary/aromatic N) is 1. The smallest absolute Gasteiger partial charge is 0.314 e. The van der Waals surface area contributed by atoms with Crippen molar-refractivity contribution in [1.29, 1.82) is 0 Å². The summed E-state index contributed by atoms with van der Waals surface area (Å²) in [4.78, 5) is 26.6. The van der Waals surface area contributed by atoms with Crippen LogP contribution in [0.1, 0.15) is 31.7 Å². The molecule has 1 N–H and O–H groups in total. The molecule has 3 rings (SSSR count). The maximum Gasteiger partial charge on any atom is 0.314 e. The maximum absolute atomic E-state index is 12.8. The van der Waals surface area contributed by atoms with Crippen molar-refractivity contribution in [2.45, 2.75) is 31.6 Å². The second kappa shape index (κ2) is 8.91. The second-order valence-corrected chi connectivity index (χ2v) is 7.43. The number of carbonyl (C=O) groups is 2. The van der Waals surface area contributed by atoms with Crippen molar-refractivity contribution in [3.63, 3.8) is 0 Å². The molecule has 28 heavy (non-hydrogen) atoms. The molecule has 0 spiro atoms. The number of hydrogen-bond acceptors (Lipinski definition) is 3. The number of benzene rings is 2. The Morgan fingerprint density at radius 1 is 1.04 bits per heavy atom. The standard InChI is InChI=1S/C23H27NO4/c1-18(12-17-28-20-10-6-3-7-11-20)21(25)24-15-13-23(14-16-24,22(26)27)19-8-4-2-5-9-19/h2-11,18H,12-17H2,1H3,(H,26,27). The molecule has 1 amide bonds. The van der Waals surface area contributed by atoms with Crippen LogP contribution in [0.25, 0.3) is 0 Å². The van der Waals surface area contributed by atoms with Crippen LogP contribution in [0.15, 0.2) is 60.7 Å². The molecular formula is C23H27NO4. The van der Waals surface area contributed by atoms with Crippen LogP contribution >= 0.6 is 0 Å². The Morgan fingerprint density at radius 2 is 1.61 bits per heavy atom. The average molecular weight is 381 g/mol. The highest BCUT2D eigenvalue weighted by atomic mass is 16.5. The largest absolute Gasteiger partial charge is 0.494 e. The van der Waals surface area contributed by atoms with E-state index < -0.39 is 11.4 Å². The molecule has 2 aromatic carbocycles. The topological polar surface area (TPSA) is 66.8 Å². The Kier molecular flexibility index (Phi) is 6.34. The molecule has 0 saturated carbocycles. The van der Waals surface area contributed by atoms with Gasteiger partial charge in [0.1, 0.15) is 5.75 Å². The number of carboxylic acids is 1. The number of piperidine rings is 1. The van der Waals surface area contributed by atoms with E-state index in [0.717, 1.165) is 11.3 Å². The first-order valence-corrected chi connectivity index (χ1v) is 9.78. The molecule has 0 bridgehead atoms. The number of rotatable bonds is 7. The second-order valence-electron chi connectivity index (χ2n) is 7.43. The van der Waals surface area contributed by atoms with E-state index in [1.807, 2.05) is 67.6 Å². The molecule has 1 aliphatic rings. The Hall–Kier alpha value is -2.82. The van der Waals surface area contributed by atoms with E-state index in [2.05, 4.69) is 0 Å². The number of para-hydroxylation sites is 1. The van der Waals surface area contributed by atoms with Gasteiger partial charge in [-0.15, -0.1) is 0 Å². The predicted molar refractivity (Wildman–Crippen MR) is 107 cm³/mol. The Labute approximate surface area is 165 Å². The number of carboxylic acid groups (broad SMARTS) is 1. The van der Waals surface area contributed by atoms with Crippen molar-refractivity contribution in [3.8, 4) is 5.75 Å². The summed E-state index contributed by atoms with van der Waals surface area (Å²) >= 11 is 0. The van der Waals surface area contributed by atoms with Gasteiger partial charge in [0.25, 0.3) is 0 Å². The Morgan fingerprint density at radius 3 is 2.18 bits per heavy atom. The van der Waals surface area contributed by atoms with E-state index in [9.17, 15) is 14.7 Å². The van der Waals surface area contributed by atoms with Crippen molar-refractivity contribution in [2.24, 2.45) is 5.92 Å².